The van der Waals surface area contributed by atoms with E-state index in [0.717, 1.165) is 6.54 Å². The molecule has 2 aromatic rings. The van der Waals surface area contributed by atoms with E-state index in [9.17, 15) is 0 Å². The number of aromatic nitrogens is 2. The lowest BCUT2D eigenvalue weighted by molar-refractivity contribution is 0.268. The van der Waals surface area contributed by atoms with Gasteiger partial charge < -0.3 is 9.88 Å². The lowest BCUT2D eigenvalue weighted by atomic mass is 9.82. The first-order valence-corrected chi connectivity index (χ1v) is 7.68. The summed E-state index contributed by atoms with van der Waals surface area (Å²) in [6, 6.07) is 11.4. The molecule has 0 aliphatic carbocycles. The number of nitrogens with one attached hydrogen (secondary N) is 1. The first-order chi connectivity index (χ1) is 9.89. The van der Waals surface area contributed by atoms with E-state index >= 15 is 0 Å². The molecule has 0 spiro atoms. The van der Waals surface area contributed by atoms with Gasteiger partial charge in [-0.15, -0.1) is 0 Å². The zero-order valence-corrected chi connectivity index (χ0v) is 13.8. The van der Waals surface area contributed by atoms with Crippen molar-refractivity contribution in [3.05, 3.63) is 54.1 Å². The number of nitrogens with zero attached hydrogens (tertiary/aromatic N) is 2. The van der Waals surface area contributed by atoms with Crippen LogP contribution >= 0.6 is 0 Å². The predicted molar refractivity (Wildman–Crippen MR) is 88.1 cm³/mol. The number of rotatable bonds is 5. The van der Waals surface area contributed by atoms with Crippen molar-refractivity contribution < 1.29 is 0 Å². The number of imidazole rings is 1. The van der Waals surface area contributed by atoms with E-state index in [1.165, 1.54) is 11.3 Å². The van der Waals surface area contributed by atoms with E-state index in [1.807, 2.05) is 12.5 Å². The van der Waals surface area contributed by atoms with Crippen LogP contribution in [0.25, 0.3) is 0 Å². The van der Waals surface area contributed by atoms with Crippen molar-refractivity contribution >= 4 is 0 Å². The Balaban J connectivity index is 2.16. The second kappa shape index (κ2) is 6.44. The summed E-state index contributed by atoms with van der Waals surface area (Å²) in [6.45, 7) is 12.0. The van der Waals surface area contributed by atoms with Gasteiger partial charge in [-0.05, 0) is 24.8 Å². The van der Waals surface area contributed by atoms with Gasteiger partial charge in [-0.25, -0.2) is 4.98 Å². The van der Waals surface area contributed by atoms with Crippen LogP contribution in [0, 0.1) is 5.41 Å². The fourth-order valence-electron chi connectivity index (χ4n) is 2.71. The van der Waals surface area contributed by atoms with Crippen LogP contribution in [0.3, 0.4) is 0 Å². The van der Waals surface area contributed by atoms with Gasteiger partial charge in [0.2, 0.25) is 0 Å². The van der Waals surface area contributed by atoms with Crippen molar-refractivity contribution in [3.8, 4) is 0 Å². The smallest absolute Gasteiger partial charge is 0.0951 e. The maximum atomic E-state index is 4.28. The van der Waals surface area contributed by atoms with Crippen LogP contribution in [-0.2, 0) is 6.54 Å². The van der Waals surface area contributed by atoms with Gasteiger partial charge in [0.15, 0.2) is 0 Å². The first-order valence-electron chi connectivity index (χ1n) is 7.68. The molecule has 114 valence electrons. The summed E-state index contributed by atoms with van der Waals surface area (Å²) in [6.07, 6.45) is 3.87. The van der Waals surface area contributed by atoms with E-state index in [0.29, 0.717) is 12.1 Å². The Morgan fingerprint density at radius 1 is 1.14 bits per heavy atom. The highest BCUT2D eigenvalue weighted by atomic mass is 15.1. The molecule has 1 aromatic heterocycles. The van der Waals surface area contributed by atoms with Crippen molar-refractivity contribution in [1.82, 2.24) is 14.9 Å². The Labute approximate surface area is 128 Å². The number of hydrogen-bond donors (Lipinski definition) is 1. The molecule has 0 aliphatic rings. The Hall–Kier alpha value is -1.61. The van der Waals surface area contributed by atoms with Gasteiger partial charge in [0.05, 0.1) is 12.0 Å². The van der Waals surface area contributed by atoms with E-state index in [2.05, 4.69) is 79.8 Å². The molecule has 0 amide bonds. The molecule has 0 fully saturated rings. The standard InChI is InChI=1S/C18H27N3/c1-14(2)21-13-19-11-16(21)12-20-17(18(3,4)5)15-9-7-6-8-10-15/h6-11,13-14,17,20H,12H2,1-5H3. The molecule has 0 saturated carbocycles. The van der Waals surface area contributed by atoms with Gasteiger partial charge in [0.25, 0.3) is 0 Å². The molecule has 0 saturated heterocycles. The van der Waals surface area contributed by atoms with Gasteiger partial charge in [0.1, 0.15) is 0 Å². The van der Waals surface area contributed by atoms with Gasteiger partial charge in [-0.3, -0.25) is 0 Å². The molecule has 1 aromatic carbocycles. The van der Waals surface area contributed by atoms with Crippen LogP contribution in [0.2, 0.25) is 0 Å². The molecule has 3 nitrogen and oxygen atoms in total. The summed E-state index contributed by atoms with van der Waals surface area (Å²) in [4.78, 5) is 4.28. The van der Waals surface area contributed by atoms with E-state index < -0.39 is 0 Å². The third kappa shape index (κ3) is 3.94. The summed E-state index contributed by atoms with van der Waals surface area (Å²) < 4.78 is 2.22. The lowest BCUT2D eigenvalue weighted by Crippen LogP contribution is -2.32. The van der Waals surface area contributed by atoms with Crippen molar-refractivity contribution in [3.63, 3.8) is 0 Å². The lowest BCUT2D eigenvalue weighted by Gasteiger charge is -2.32. The molecule has 3 heteroatoms. The normalized spacial score (nSPS) is 13.6. The minimum atomic E-state index is 0.157. The van der Waals surface area contributed by atoms with Gasteiger partial charge >= 0.3 is 0 Å². The molecular weight excluding hydrogens is 258 g/mol. The molecular formula is C18H27N3. The molecule has 0 bridgehead atoms. The third-order valence-corrected chi connectivity index (χ3v) is 3.79. The summed E-state index contributed by atoms with van der Waals surface area (Å²) >= 11 is 0. The van der Waals surface area contributed by atoms with Gasteiger partial charge in [-0.2, -0.15) is 0 Å². The third-order valence-electron chi connectivity index (χ3n) is 3.79. The quantitative estimate of drug-likeness (QED) is 0.885. The summed E-state index contributed by atoms with van der Waals surface area (Å²) in [5.41, 5.74) is 2.72. The Kier molecular flexibility index (Phi) is 4.84. The van der Waals surface area contributed by atoms with Gasteiger partial charge in [-0.1, -0.05) is 51.1 Å². The largest absolute Gasteiger partial charge is 0.331 e. The predicted octanol–water partition coefficient (Wildman–Crippen LogP) is 4.34. The maximum Gasteiger partial charge on any atom is 0.0951 e. The van der Waals surface area contributed by atoms with Crippen LogP contribution in [0.4, 0.5) is 0 Å². The SMILES string of the molecule is CC(C)n1cncc1CNC(c1ccccc1)C(C)(C)C. The zero-order chi connectivity index (χ0) is 15.5. The Bertz CT molecular complexity index is 549. The highest BCUT2D eigenvalue weighted by Gasteiger charge is 2.25. The Morgan fingerprint density at radius 2 is 1.81 bits per heavy atom. The molecule has 2 rings (SSSR count). The Morgan fingerprint density at radius 3 is 2.38 bits per heavy atom. The van der Waals surface area contributed by atoms with Crippen LogP contribution in [0.15, 0.2) is 42.9 Å². The van der Waals surface area contributed by atoms with Crippen LogP contribution in [-0.4, -0.2) is 9.55 Å². The number of benzene rings is 1. The first kappa shape index (κ1) is 15.8. The van der Waals surface area contributed by atoms with E-state index in [1.54, 1.807) is 0 Å². The summed E-state index contributed by atoms with van der Waals surface area (Å²) in [5, 5.41) is 3.71. The fourth-order valence-corrected chi connectivity index (χ4v) is 2.71. The highest BCUT2D eigenvalue weighted by molar-refractivity contribution is 5.21. The molecule has 1 atom stereocenters. The highest BCUT2D eigenvalue weighted by Crippen LogP contribution is 2.32. The van der Waals surface area contributed by atoms with Crippen LogP contribution in [0.1, 0.15) is 58.0 Å². The average Bonchev–Trinajstić information content (AvgIpc) is 2.87. The van der Waals surface area contributed by atoms with Crippen molar-refractivity contribution in [2.75, 3.05) is 0 Å². The topological polar surface area (TPSA) is 29.9 Å². The molecule has 21 heavy (non-hydrogen) atoms. The maximum absolute atomic E-state index is 4.28. The second-order valence-electron chi connectivity index (χ2n) is 6.98. The average molecular weight is 285 g/mol. The monoisotopic (exact) mass is 285 g/mol. The van der Waals surface area contributed by atoms with Crippen LogP contribution in [0.5, 0.6) is 0 Å². The summed E-state index contributed by atoms with van der Waals surface area (Å²) in [7, 11) is 0. The van der Waals surface area contributed by atoms with Crippen molar-refractivity contribution in [2.45, 2.75) is 53.2 Å². The van der Waals surface area contributed by atoms with E-state index in [4.69, 9.17) is 0 Å². The molecule has 0 radical (unpaired) electrons. The van der Waals surface area contributed by atoms with Crippen molar-refractivity contribution in [1.29, 1.82) is 0 Å². The fraction of sp³-hybridized carbons (Fsp3) is 0.500. The number of hydrogen-bond acceptors (Lipinski definition) is 2. The molecule has 1 heterocycles. The minimum Gasteiger partial charge on any atom is -0.331 e. The molecule has 1 N–H and O–H groups in total. The van der Waals surface area contributed by atoms with Crippen molar-refractivity contribution in [2.24, 2.45) is 5.41 Å². The minimum absolute atomic E-state index is 0.157. The van der Waals surface area contributed by atoms with E-state index in [-0.39, 0.29) is 5.41 Å². The van der Waals surface area contributed by atoms with Gasteiger partial charge in [0, 0.05) is 24.8 Å². The zero-order valence-electron chi connectivity index (χ0n) is 13.8. The second-order valence-corrected chi connectivity index (χ2v) is 6.98. The molecule has 0 aliphatic heterocycles. The molecule has 1 unspecified atom stereocenters. The van der Waals surface area contributed by atoms with Crippen LogP contribution < -0.4 is 5.32 Å². The summed E-state index contributed by atoms with van der Waals surface area (Å²) in [5.74, 6) is 0.